The number of methoxy groups -OCH3 is 1. The number of carboxylic acid groups (broad SMARTS) is 1. The van der Waals surface area contributed by atoms with Gasteiger partial charge in [0.05, 0.1) is 19.3 Å². The van der Waals surface area contributed by atoms with Gasteiger partial charge in [0.15, 0.2) is 5.75 Å². The van der Waals surface area contributed by atoms with Gasteiger partial charge >= 0.3 is 18.1 Å². The first-order valence-electron chi connectivity index (χ1n) is 10.3. The Morgan fingerprint density at radius 3 is 2.39 bits per heavy atom. The number of carboxylic acids is 1. The zero-order valence-electron chi connectivity index (χ0n) is 18.7. The summed E-state index contributed by atoms with van der Waals surface area (Å²) >= 11 is 3.58. The van der Waals surface area contributed by atoms with Crippen molar-refractivity contribution in [2.24, 2.45) is 5.73 Å². The number of nitrogens with zero attached hydrogens (tertiary/aromatic N) is 1. The molecule has 0 aliphatic carbocycles. The SMILES string of the molecule is COC(=O)c1cccc2c1OCC(N)C(=O)N2Cc1ccc(Br)c2ccccc12.O=C(O)C(F)(F)F. The van der Waals surface area contributed by atoms with E-state index >= 15 is 0 Å². The number of rotatable bonds is 3. The maximum Gasteiger partial charge on any atom is 0.490 e. The van der Waals surface area contributed by atoms with Crippen molar-refractivity contribution in [3.63, 3.8) is 0 Å². The highest BCUT2D eigenvalue weighted by Crippen LogP contribution is 2.37. The molecule has 0 fully saturated rings. The van der Waals surface area contributed by atoms with E-state index in [2.05, 4.69) is 15.9 Å². The third-order valence-electron chi connectivity index (χ3n) is 5.21. The van der Waals surface area contributed by atoms with Crippen LogP contribution in [0, 0.1) is 0 Å². The van der Waals surface area contributed by atoms with Gasteiger partial charge in [0, 0.05) is 4.47 Å². The van der Waals surface area contributed by atoms with Crippen molar-refractivity contribution in [1.82, 2.24) is 0 Å². The predicted molar refractivity (Wildman–Crippen MR) is 128 cm³/mol. The molecule has 3 aromatic rings. The van der Waals surface area contributed by atoms with E-state index in [1.165, 1.54) is 7.11 Å². The van der Waals surface area contributed by atoms with Gasteiger partial charge in [-0.15, -0.1) is 0 Å². The first-order chi connectivity index (χ1) is 17.0. The monoisotopic (exact) mass is 568 g/mol. The van der Waals surface area contributed by atoms with E-state index < -0.39 is 24.2 Å². The van der Waals surface area contributed by atoms with Crippen LogP contribution in [0.1, 0.15) is 15.9 Å². The van der Waals surface area contributed by atoms with Gasteiger partial charge in [-0.1, -0.05) is 52.3 Å². The molecule has 1 amide bonds. The maximum atomic E-state index is 13.1. The van der Waals surface area contributed by atoms with Crippen molar-refractivity contribution in [2.45, 2.75) is 18.8 Å². The van der Waals surface area contributed by atoms with E-state index in [4.69, 9.17) is 25.1 Å². The predicted octanol–water partition coefficient (Wildman–Crippen LogP) is 4.28. The Balaban J connectivity index is 0.000000454. The van der Waals surface area contributed by atoms with Crippen molar-refractivity contribution in [2.75, 3.05) is 18.6 Å². The Hall–Kier alpha value is -3.64. The van der Waals surface area contributed by atoms with E-state index in [9.17, 15) is 22.8 Å². The number of alkyl halides is 3. The summed E-state index contributed by atoms with van der Waals surface area (Å²) in [5.74, 6) is -3.24. The fourth-order valence-electron chi connectivity index (χ4n) is 3.52. The summed E-state index contributed by atoms with van der Waals surface area (Å²) in [5, 5.41) is 9.20. The third-order valence-corrected chi connectivity index (χ3v) is 5.90. The lowest BCUT2D eigenvalue weighted by Crippen LogP contribution is -2.45. The van der Waals surface area contributed by atoms with Gasteiger partial charge in [-0.3, -0.25) is 4.79 Å². The zero-order chi connectivity index (χ0) is 26.6. The van der Waals surface area contributed by atoms with Crippen LogP contribution in [-0.4, -0.2) is 48.9 Å². The molecule has 1 atom stereocenters. The number of benzene rings is 3. The zero-order valence-corrected chi connectivity index (χ0v) is 20.3. The summed E-state index contributed by atoms with van der Waals surface area (Å²) in [6.07, 6.45) is -5.08. The average Bonchev–Trinajstić information content (AvgIpc) is 2.97. The van der Waals surface area contributed by atoms with E-state index in [1.54, 1.807) is 23.1 Å². The van der Waals surface area contributed by atoms with Crippen molar-refractivity contribution < 1.29 is 42.1 Å². The molecule has 1 heterocycles. The van der Waals surface area contributed by atoms with Crippen LogP contribution in [0.4, 0.5) is 18.9 Å². The highest BCUT2D eigenvalue weighted by Gasteiger charge is 2.38. The standard InChI is InChI=1S/C22H19BrN2O4.C2HF3O2/c1-28-22(27)16-7-4-8-19-20(16)29-12-18(24)21(26)25(19)11-13-9-10-17(23)15-6-3-2-5-14(13)15;3-2(4,5)1(6)7/h2-10,18H,11-12,24H2,1H3;(H,6,7). The van der Waals surface area contributed by atoms with Gasteiger partial charge in [-0.2, -0.15) is 13.2 Å². The molecule has 190 valence electrons. The third kappa shape index (κ3) is 5.77. The van der Waals surface area contributed by atoms with Crippen LogP contribution in [0.5, 0.6) is 5.75 Å². The molecule has 4 rings (SSSR count). The molecule has 3 aromatic carbocycles. The average molecular weight is 569 g/mol. The first kappa shape index (κ1) is 27.0. The minimum atomic E-state index is -5.08. The van der Waals surface area contributed by atoms with Gasteiger partial charge in [-0.05, 0) is 34.5 Å². The summed E-state index contributed by atoms with van der Waals surface area (Å²) < 4.78 is 43.3. The smallest absolute Gasteiger partial charge is 0.488 e. The minimum absolute atomic E-state index is 0.0164. The van der Waals surface area contributed by atoms with Crippen LogP contribution >= 0.6 is 15.9 Å². The van der Waals surface area contributed by atoms with E-state index in [1.807, 2.05) is 36.4 Å². The molecule has 1 aliphatic rings. The Morgan fingerprint density at radius 1 is 1.14 bits per heavy atom. The second-order valence-corrected chi connectivity index (χ2v) is 8.40. The summed E-state index contributed by atoms with van der Waals surface area (Å²) in [7, 11) is 1.31. The largest absolute Gasteiger partial charge is 0.490 e. The highest BCUT2D eigenvalue weighted by atomic mass is 79.9. The van der Waals surface area contributed by atoms with Crippen LogP contribution in [0.3, 0.4) is 0 Å². The van der Waals surface area contributed by atoms with Crippen molar-refractivity contribution >= 4 is 50.2 Å². The number of fused-ring (bicyclic) bond motifs is 2. The summed E-state index contributed by atoms with van der Waals surface area (Å²) in [6.45, 7) is 0.277. The number of ether oxygens (including phenoxy) is 2. The number of nitrogens with two attached hydrogens (primary N) is 1. The molecule has 36 heavy (non-hydrogen) atoms. The number of aliphatic carboxylic acids is 1. The van der Waals surface area contributed by atoms with E-state index in [0.29, 0.717) is 18.0 Å². The second-order valence-electron chi connectivity index (χ2n) is 7.54. The van der Waals surface area contributed by atoms with Crippen molar-refractivity contribution in [1.29, 1.82) is 0 Å². The molecule has 3 N–H and O–H groups in total. The number of hydrogen-bond donors (Lipinski definition) is 2. The molecule has 12 heteroatoms. The highest BCUT2D eigenvalue weighted by molar-refractivity contribution is 9.10. The Morgan fingerprint density at radius 2 is 1.78 bits per heavy atom. The fraction of sp³-hybridized carbons (Fsp3) is 0.208. The number of para-hydroxylation sites is 1. The molecule has 0 radical (unpaired) electrons. The topological polar surface area (TPSA) is 119 Å². The number of hydrogen-bond acceptors (Lipinski definition) is 6. The van der Waals surface area contributed by atoms with E-state index in [0.717, 1.165) is 20.8 Å². The Kier molecular flexibility index (Phi) is 8.21. The molecule has 0 saturated carbocycles. The fourth-order valence-corrected chi connectivity index (χ4v) is 4.00. The quantitative estimate of drug-likeness (QED) is 0.453. The van der Waals surface area contributed by atoms with Crippen LogP contribution < -0.4 is 15.4 Å². The summed E-state index contributed by atoms with van der Waals surface area (Å²) in [6, 6.07) is 16.1. The molecule has 1 aliphatic heterocycles. The maximum absolute atomic E-state index is 13.1. The van der Waals surface area contributed by atoms with Crippen LogP contribution in [0.25, 0.3) is 10.8 Å². The Labute approximate surface area is 211 Å². The lowest BCUT2D eigenvalue weighted by Gasteiger charge is -2.24. The lowest BCUT2D eigenvalue weighted by molar-refractivity contribution is -0.192. The van der Waals surface area contributed by atoms with Crippen molar-refractivity contribution in [3.8, 4) is 5.75 Å². The Bertz CT molecular complexity index is 1310. The number of halogens is 4. The van der Waals surface area contributed by atoms with Crippen molar-refractivity contribution in [3.05, 3.63) is 70.2 Å². The first-order valence-corrected chi connectivity index (χ1v) is 11.1. The van der Waals surface area contributed by atoms with Gasteiger partial charge in [-0.25, -0.2) is 9.59 Å². The summed E-state index contributed by atoms with van der Waals surface area (Å²) in [4.78, 5) is 35.7. The number of amides is 1. The van der Waals surface area contributed by atoms with Crippen LogP contribution in [-0.2, 0) is 20.9 Å². The molecule has 0 saturated heterocycles. The van der Waals surface area contributed by atoms with E-state index in [-0.39, 0.29) is 18.1 Å². The van der Waals surface area contributed by atoms with Gasteiger partial charge < -0.3 is 25.2 Å². The molecule has 8 nitrogen and oxygen atoms in total. The van der Waals surface area contributed by atoms with Crippen LogP contribution in [0.2, 0.25) is 0 Å². The summed E-state index contributed by atoms with van der Waals surface area (Å²) in [5.41, 5.74) is 7.78. The molecule has 0 aromatic heterocycles. The number of carbonyl (C=O) groups excluding carboxylic acids is 2. The molecule has 0 spiro atoms. The number of carbonyl (C=O) groups is 3. The van der Waals surface area contributed by atoms with Gasteiger partial charge in [0.2, 0.25) is 5.91 Å². The number of esters is 1. The molecule has 1 unspecified atom stereocenters. The lowest BCUT2D eigenvalue weighted by atomic mass is 10.0. The number of anilines is 1. The molecular weight excluding hydrogens is 549 g/mol. The van der Waals surface area contributed by atoms with Gasteiger partial charge in [0.25, 0.3) is 0 Å². The second kappa shape index (κ2) is 11.0. The normalized spacial score (nSPS) is 15.2. The van der Waals surface area contributed by atoms with Crippen LogP contribution in [0.15, 0.2) is 59.1 Å². The molecule has 0 bridgehead atoms. The minimum Gasteiger partial charge on any atom is -0.488 e. The van der Waals surface area contributed by atoms with Gasteiger partial charge in [0.1, 0.15) is 18.2 Å². The molecular formula is C24H20BrF3N2O6.